The third-order valence-corrected chi connectivity index (χ3v) is 9.40. The van der Waals surface area contributed by atoms with Crippen molar-refractivity contribution in [2.45, 2.75) is 32.2 Å². The number of imidazole rings is 1. The minimum atomic E-state index is -0.540. The van der Waals surface area contributed by atoms with Crippen LogP contribution in [0.5, 0.6) is 5.75 Å². The zero-order valence-corrected chi connectivity index (χ0v) is 29.4. The number of ether oxygens (including phenoxy) is 1. The van der Waals surface area contributed by atoms with Gasteiger partial charge in [-0.25, -0.2) is 9.37 Å². The number of amides is 1. The van der Waals surface area contributed by atoms with Gasteiger partial charge < -0.3 is 14.2 Å². The van der Waals surface area contributed by atoms with Gasteiger partial charge in [0.1, 0.15) is 24.2 Å². The van der Waals surface area contributed by atoms with Gasteiger partial charge in [-0.15, -0.1) is 12.4 Å². The van der Waals surface area contributed by atoms with Crippen LogP contribution >= 0.6 is 35.8 Å². The van der Waals surface area contributed by atoms with Crippen molar-refractivity contribution >= 4 is 47.4 Å². The fraction of sp³-hybridized carbons (Fsp3) is 0.237. The van der Waals surface area contributed by atoms with Gasteiger partial charge in [0.2, 0.25) is 5.91 Å². The third kappa shape index (κ3) is 8.83. The van der Waals surface area contributed by atoms with Crippen molar-refractivity contribution in [1.29, 1.82) is 5.26 Å². The molecule has 49 heavy (non-hydrogen) atoms. The Morgan fingerprint density at radius 3 is 2.63 bits per heavy atom. The molecule has 7 nitrogen and oxygen atoms in total. The first kappa shape index (κ1) is 36.0. The van der Waals surface area contributed by atoms with Crippen LogP contribution in [0.4, 0.5) is 10.1 Å². The number of hydrogen-bond donors (Lipinski definition) is 0. The number of thioether (sulfide) groups is 1. The molecular formula is C38H36Cl2FN5O2S. The summed E-state index contributed by atoms with van der Waals surface area (Å²) in [5, 5.41) is 9.65. The van der Waals surface area contributed by atoms with E-state index in [-0.39, 0.29) is 36.5 Å². The van der Waals surface area contributed by atoms with Crippen molar-refractivity contribution < 1.29 is 13.9 Å². The largest absolute Gasteiger partial charge is 0.489 e. The average molecular weight is 717 g/mol. The maximum Gasteiger partial charge on any atom is 0.241 e. The summed E-state index contributed by atoms with van der Waals surface area (Å²) in [6, 6.07) is 30.2. The number of benzene rings is 4. The first-order chi connectivity index (χ1) is 23.4. The second kappa shape index (κ2) is 16.9. The van der Waals surface area contributed by atoms with Crippen LogP contribution < -0.4 is 9.64 Å². The zero-order valence-electron chi connectivity index (χ0n) is 27.0. The summed E-state index contributed by atoms with van der Waals surface area (Å²) in [5.41, 5.74) is 5.37. The van der Waals surface area contributed by atoms with Gasteiger partial charge in [0.05, 0.1) is 29.8 Å². The maximum absolute atomic E-state index is 14.3. The third-order valence-electron chi connectivity index (χ3n) is 8.52. The number of carbonyl (C=O) groups is 1. The van der Waals surface area contributed by atoms with Crippen LogP contribution in [0.2, 0.25) is 5.02 Å². The van der Waals surface area contributed by atoms with Crippen LogP contribution in [0.25, 0.3) is 11.1 Å². The lowest BCUT2D eigenvalue weighted by Crippen LogP contribution is -2.56. The second-order valence-corrected chi connectivity index (χ2v) is 13.2. The molecule has 0 unspecified atom stereocenters. The van der Waals surface area contributed by atoms with Gasteiger partial charge in [-0.3, -0.25) is 9.69 Å². The Morgan fingerprint density at radius 2 is 1.86 bits per heavy atom. The van der Waals surface area contributed by atoms with E-state index in [0.717, 1.165) is 51.6 Å². The minimum absolute atomic E-state index is 0. The molecule has 0 aliphatic carbocycles. The molecule has 0 spiro atoms. The number of nitriles is 1. The summed E-state index contributed by atoms with van der Waals surface area (Å²) in [4.78, 5) is 22.4. The molecule has 0 N–H and O–H groups in total. The van der Waals surface area contributed by atoms with Crippen molar-refractivity contribution in [3.63, 3.8) is 0 Å². The molecule has 11 heteroatoms. The van der Waals surface area contributed by atoms with E-state index in [1.54, 1.807) is 30.4 Å². The Hall–Kier alpha value is -4.33. The highest BCUT2D eigenvalue weighted by atomic mass is 35.5. The summed E-state index contributed by atoms with van der Waals surface area (Å²) < 4.78 is 22.4. The lowest BCUT2D eigenvalue weighted by atomic mass is 10.0. The molecule has 5 aromatic rings. The van der Waals surface area contributed by atoms with Gasteiger partial charge in [0.15, 0.2) is 0 Å². The first-order valence-corrected chi connectivity index (χ1v) is 17.5. The molecular weight excluding hydrogens is 680 g/mol. The van der Waals surface area contributed by atoms with E-state index in [1.165, 1.54) is 12.1 Å². The highest BCUT2D eigenvalue weighted by Crippen LogP contribution is 2.37. The quantitative estimate of drug-likeness (QED) is 0.130. The van der Waals surface area contributed by atoms with Crippen LogP contribution in [0, 0.1) is 17.1 Å². The lowest BCUT2D eigenvalue weighted by molar-refractivity contribution is -0.122. The topological polar surface area (TPSA) is 74.4 Å². The Kier molecular flexibility index (Phi) is 12.4. The number of nitrogens with zero attached hydrogens (tertiary/aromatic N) is 5. The molecule has 2 heterocycles. The highest BCUT2D eigenvalue weighted by molar-refractivity contribution is 7.98. The van der Waals surface area contributed by atoms with Gasteiger partial charge in [0.25, 0.3) is 0 Å². The van der Waals surface area contributed by atoms with Crippen molar-refractivity contribution in [2.24, 2.45) is 0 Å². The van der Waals surface area contributed by atoms with Crippen LogP contribution in [-0.4, -0.2) is 51.5 Å². The predicted molar refractivity (Wildman–Crippen MR) is 197 cm³/mol. The molecule has 1 atom stereocenters. The normalized spacial score (nSPS) is 14.7. The molecule has 1 aromatic heterocycles. The SMILES string of the molecule is CSCC[C@H]1CN(c2cc(Cl)ccc2-c2cccc(OCc3ccccc3)c2)C(=O)CN1Cc1cncn1Cc1ccc(C#N)c(F)c1.Cl. The Bertz CT molecular complexity index is 1930. The van der Waals surface area contributed by atoms with E-state index in [0.29, 0.717) is 31.3 Å². The van der Waals surface area contributed by atoms with Crippen LogP contribution in [0.3, 0.4) is 0 Å². The molecule has 0 bridgehead atoms. The van der Waals surface area contributed by atoms with E-state index in [1.807, 2.05) is 88.3 Å². The summed E-state index contributed by atoms with van der Waals surface area (Å²) in [5.74, 6) is 1.13. The summed E-state index contributed by atoms with van der Waals surface area (Å²) in [7, 11) is 0. The van der Waals surface area contributed by atoms with E-state index in [2.05, 4.69) is 16.1 Å². The predicted octanol–water partition coefficient (Wildman–Crippen LogP) is 8.23. The van der Waals surface area contributed by atoms with E-state index < -0.39 is 5.82 Å². The number of carbonyl (C=O) groups excluding carboxylic acids is 1. The van der Waals surface area contributed by atoms with Crippen LogP contribution in [0.15, 0.2) is 104 Å². The maximum atomic E-state index is 14.3. The molecule has 1 fully saturated rings. The fourth-order valence-corrected chi connectivity index (χ4v) is 6.68. The lowest BCUT2D eigenvalue weighted by Gasteiger charge is -2.41. The van der Waals surface area contributed by atoms with Gasteiger partial charge in [-0.1, -0.05) is 66.2 Å². The van der Waals surface area contributed by atoms with E-state index >= 15 is 0 Å². The number of rotatable bonds is 12. The molecule has 252 valence electrons. The first-order valence-electron chi connectivity index (χ1n) is 15.7. The van der Waals surface area contributed by atoms with Crippen LogP contribution in [0.1, 0.15) is 28.8 Å². The van der Waals surface area contributed by atoms with E-state index in [4.69, 9.17) is 21.6 Å². The molecule has 1 aliphatic heterocycles. The summed E-state index contributed by atoms with van der Waals surface area (Å²) in [6.45, 7) is 2.11. The number of anilines is 1. The molecule has 1 saturated heterocycles. The summed E-state index contributed by atoms with van der Waals surface area (Å²) in [6.07, 6.45) is 6.49. The summed E-state index contributed by atoms with van der Waals surface area (Å²) >= 11 is 8.33. The highest BCUT2D eigenvalue weighted by Gasteiger charge is 2.34. The van der Waals surface area contributed by atoms with Crippen molar-refractivity contribution in [1.82, 2.24) is 14.5 Å². The minimum Gasteiger partial charge on any atom is -0.489 e. The van der Waals surface area contributed by atoms with Gasteiger partial charge in [0, 0.05) is 42.5 Å². The van der Waals surface area contributed by atoms with Gasteiger partial charge >= 0.3 is 0 Å². The molecule has 0 saturated carbocycles. The number of hydrogen-bond acceptors (Lipinski definition) is 6. The molecule has 4 aromatic carbocycles. The van der Waals surface area contributed by atoms with Crippen molar-refractivity contribution in [3.8, 4) is 22.9 Å². The Labute approximate surface area is 301 Å². The fourth-order valence-electron chi connectivity index (χ4n) is 6.00. The molecule has 1 aliphatic rings. The van der Waals surface area contributed by atoms with Crippen LogP contribution in [-0.2, 0) is 24.5 Å². The standard InChI is InChI=1S/C38H35ClFN5O2S.ClH/c1-48-15-14-32-23-45(38(46)24-43(32)22-33-20-42-26-44(33)21-28-10-11-30(19-41)36(40)16-28)37-18-31(39)12-13-35(37)29-8-5-9-34(17-29)47-25-27-6-3-2-4-7-27;/h2-13,16-18,20,26,32H,14-15,21-25H2,1H3;1H/t32-;/m0./s1. The number of halogens is 3. The Morgan fingerprint density at radius 1 is 1.02 bits per heavy atom. The van der Waals surface area contributed by atoms with Gasteiger partial charge in [-0.05, 0) is 71.5 Å². The van der Waals surface area contributed by atoms with Gasteiger partial charge in [-0.2, -0.15) is 17.0 Å². The smallest absolute Gasteiger partial charge is 0.241 e. The molecule has 1 amide bonds. The Balaban J connectivity index is 0.00000468. The zero-order chi connectivity index (χ0) is 33.5. The monoisotopic (exact) mass is 715 g/mol. The number of piperazine rings is 1. The molecule has 0 radical (unpaired) electrons. The average Bonchev–Trinajstić information content (AvgIpc) is 3.53. The molecule has 6 rings (SSSR count). The van der Waals surface area contributed by atoms with Crippen molar-refractivity contribution in [2.75, 3.05) is 30.0 Å². The second-order valence-electron chi connectivity index (χ2n) is 11.7. The van der Waals surface area contributed by atoms with E-state index in [9.17, 15) is 9.18 Å². The number of aromatic nitrogens is 2. The van der Waals surface area contributed by atoms with Crippen molar-refractivity contribution in [3.05, 3.63) is 137 Å².